The molecule has 1 aliphatic rings. The first-order chi connectivity index (χ1) is 12.7. The van der Waals surface area contributed by atoms with E-state index in [1.165, 1.54) is 7.11 Å². The molecule has 4 rings (SSSR count). The van der Waals surface area contributed by atoms with E-state index in [4.69, 9.17) is 9.47 Å². The van der Waals surface area contributed by atoms with Crippen LogP contribution in [0.4, 0.5) is 5.69 Å². The van der Waals surface area contributed by atoms with Gasteiger partial charge in [0.05, 0.1) is 20.3 Å². The van der Waals surface area contributed by atoms with Crippen molar-refractivity contribution < 1.29 is 14.6 Å². The Kier molecular flexibility index (Phi) is 4.26. The fraction of sp³-hybridized carbons (Fsp3) is 0.250. The summed E-state index contributed by atoms with van der Waals surface area (Å²) in [4.78, 5) is 18.2. The highest BCUT2D eigenvalue weighted by molar-refractivity contribution is 5.85. The van der Waals surface area contributed by atoms with Gasteiger partial charge in [0, 0.05) is 47.0 Å². The molecule has 26 heavy (non-hydrogen) atoms. The molecule has 0 unspecified atom stereocenters. The van der Waals surface area contributed by atoms with Gasteiger partial charge in [-0.15, -0.1) is 0 Å². The number of rotatable bonds is 3. The Bertz CT molecular complexity index is 1010. The van der Waals surface area contributed by atoms with Crippen molar-refractivity contribution in [2.75, 3.05) is 38.3 Å². The van der Waals surface area contributed by atoms with Gasteiger partial charge < -0.3 is 24.5 Å². The van der Waals surface area contributed by atoms with Gasteiger partial charge in [0.1, 0.15) is 0 Å². The third-order valence-corrected chi connectivity index (χ3v) is 4.68. The predicted molar refractivity (Wildman–Crippen MR) is 101 cm³/mol. The van der Waals surface area contributed by atoms with Crippen molar-refractivity contribution in [3.63, 3.8) is 0 Å². The topological polar surface area (TPSA) is 74.8 Å². The van der Waals surface area contributed by atoms with Gasteiger partial charge in [-0.25, -0.2) is 0 Å². The number of anilines is 1. The summed E-state index contributed by atoms with van der Waals surface area (Å²) >= 11 is 0. The number of morpholine rings is 1. The average Bonchev–Trinajstić information content (AvgIpc) is 2.68. The van der Waals surface area contributed by atoms with E-state index in [0.29, 0.717) is 30.0 Å². The Morgan fingerprint density at radius 1 is 1.12 bits per heavy atom. The predicted octanol–water partition coefficient (Wildman–Crippen LogP) is 2.75. The molecule has 6 nitrogen and oxygen atoms in total. The van der Waals surface area contributed by atoms with Gasteiger partial charge in [-0.3, -0.25) is 4.79 Å². The van der Waals surface area contributed by atoms with Crippen LogP contribution in [0.15, 0.2) is 47.3 Å². The number of benzene rings is 2. The molecular formula is C20H20N2O4. The summed E-state index contributed by atoms with van der Waals surface area (Å²) in [6, 6.07) is 12.5. The summed E-state index contributed by atoms with van der Waals surface area (Å²) in [5, 5.41) is 10.4. The molecule has 3 aromatic rings. The quantitative estimate of drug-likeness (QED) is 0.758. The number of hydrogen-bond acceptors (Lipinski definition) is 5. The van der Waals surface area contributed by atoms with Crippen LogP contribution in [0, 0.1) is 0 Å². The molecule has 134 valence electrons. The van der Waals surface area contributed by atoms with Crippen molar-refractivity contribution in [2.45, 2.75) is 0 Å². The summed E-state index contributed by atoms with van der Waals surface area (Å²) in [6.45, 7) is 3.07. The van der Waals surface area contributed by atoms with Crippen LogP contribution >= 0.6 is 0 Å². The molecule has 1 aliphatic heterocycles. The molecule has 2 heterocycles. The van der Waals surface area contributed by atoms with Crippen molar-refractivity contribution in [3.05, 3.63) is 52.7 Å². The molecule has 0 atom stereocenters. The maximum absolute atomic E-state index is 12.7. The van der Waals surface area contributed by atoms with E-state index in [1.807, 2.05) is 18.2 Å². The average molecular weight is 352 g/mol. The Morgan fingerprint density at radius 2 is 1.92 bits per heavy atom. The van der Waals surface area contributed by atoms with Gasteiger partial charge in [-0.05, 0) is 36.4 Å². The minimum Gasteiger partial charge on any atom is -0.504 e. The minimum atomic E-state index is -0.0455. The van der Waals surface area contributed by atoms with E-state index >= 15 is 0 Å². The number of pyridine rings is 1. The van der Waals surface area contributed by atoms with Crippen LogP contribution in [0.1, 0.15) is 0 Å². The van der Waals surface area contributed by atoms with Crippen LogP contribution in [0.25, 0.3) is 22.2 Å². The first-order valence-electron chi connectivity index (χ1n) is 8.53. The molecular weight excluding hydrogens is 332 g/mol. The monoisotopic (exact) mass is 352 g/mol. The lowest BCUT2D eigenvalue weighted by molar-refractivity contribution is 0.122. The van der Waals surface area contributed by atoms with Crippen LogP contribution in [0.2, 0.25) is 0 Å². The zero-order chi connectivity index (χ0) is 18.1. The van der Waals surface area contributed by atoms with Crippen LogP contribution in [-0.4, -0.2) is 43.5 Å². The number of nitrogens with one attached hydrogen (secondary N) is 1. The maximum atomic E-state index is 12.7. The molecule has 1 aromatic heterocycles. The van der Waals surface area contributed by atoms with Crippen molar-refractivity contribution >= 4 is 16.6 Å². The molecule has 6 heteroatoms. The molecule has 1 fully saturated rings. The lowest BCUT2D eigenvalue weighted by Gasteiger charge is -2.29. The van der Waals surface area contributed by atoms with Crippen LogP contribution in [-0.2, 0) is 4.74 Å². The molecule has 0 radical (unpaired) electrons. The largest absolute Gasteiger partial charge is 0.504 e. The fourth-order valence-corrected chi connectivity index (χ4v) is 3.25. The normalized spacial score (nSPS) is 14.6. The number of aromatic hydroxyl groups is 1. The molecule has 0 bridgehead atoms. The number of nitrogens with zero attached hydrogens (tertiary/aromatic N) is 1. The lowest BCUT2D eigenvalue weighted by Crippen LogP contribution is -2.36. The standard InChI is InChI=1S/C20H20N2O4/c1-25-20-10-13(2-5-18(20)23)17-12-19(24)15-11-14(3-4-16(15)21-17)22-6-8-26-9-7-22/h2-5,10-12,23H,6-9H2,1H3,(H,21,24). The van der Waals surface area contributed by atoms with Crippen molar-refractivity contribution in [1.82, 2.24) is 4.98 Å². The number of fused-ring (bicyclic) bond motifs is 1. The number of hydrogen-bond donors (Lipinski definition) is 2. The summed E-state index contributed by atoms with van der Waals surface area (Å²) in [7, 11) is 1.50. The summed E-state index contributed by atoms with van der Waals surface area (Å²) < 4.78 is 10.5. The van der Waals surface area contributed by atoms with Gasteiger partial charge in [-0.1, -0.05) is 0 Å². The molecule has 0 aliphatic carbocycles. The molecule has 0 amide bonds. The van der Waals surface area contributed by atoms with E-state index < -0.39 is 0 Å². The van der Waals surface area contributed by atoms with E-state index in [9.17, 15) is 9.90 Å². The first-order valence-corrected chi connectivity index (χ1v) is 8.53. The van der Waals surface area contributed by atoms with Crippen LogP contribution in [0.5, 0.6) is 11.5 Å². The first kappa shape index (κ1) is 16.5. The number of phenolic OH excluding ortho intramolecular Hbond substituents is 1. The number of aromatic nitrogens is 1. The van der Waals surface area contributed by atoms with E-state index in [2.05, 4.69) is 9.88 Å². The second-order valence-electron chi connectivity index (χ2n) is 6.26. The lowest BCUT2D eigenvalue weighted by atomic mass is 10.1. The second-order valence-corrected chi connectivity index (χ2v) is 6.26. The zero-order valence-electron chi connectivity index (χ0n) is 14.5. The Morgan fingerprint density at radius 3 is 2.69 bits per heavy atom. The van der Waals surface area contributed by atoms with Crippen molar-refractivity contribution in [2.24, 2.45) is 0 Å². The molecule has 1 saturated heterocycles. The zero-order valence-corrected chi connectivity index (χ0v) is 14.5. The highest BCUT2D eigenvalue weighted by atomic mass is 16.5. The van der Waals surface area contributed by atoms with Gasteiger partial charge in [-0.2, -0.15) is 0 Å². The van der Waals surface area contributed by atoms with E-state index in [-0.39, 0.29) is 11.2 Å². The highest BCUT2D eigenvalue weighted by Gasteiger charge is 2.13. The number of aromatic amines is 1. The number of phenols is 1. The summed E-state index contributed by atoms with van der Waals surface area (Å²) in [5.41, 5.74) is 3.22. The van der Waals surface area contributed by atoms with Crippen molar-refractivity contribution in [1.29, 1.82) is 0 Å². The second kappa shape index (κ2) is 6.72. The number of H-pyrrole nitrogens is 1. The highest BCUT2D eigenvalue weighted by Crippen LogP contribution is 2.31. The Labute approximate surface area is 150 Å². The van der Waals surface area contributed by atoms with Crippen molar-refractivity contribution in [3.8, 4) is 22.8 Å². The SMILES string of the molecule is COc1cc(-c2cc(=O)c3cc(N4CCOCC4)ccc3[nH]2)ccc1O. The summed E-state index contributed by atoms with van der Waals surface area (Å²) in [5.74, 6) is 0.431. The third kappa shape index (κ3) is 2.99. The number of ether oxygens (including phenoxy) is 2. The Hall–Kier alpha value is -2.99. The van der Waals surface area contributed by atoms with E-state index in [0.717, 1.165) is 29.9 Å². The van der Waals surface area contributed by atoms with Gasteiger partial charge in [0.25, 0.3) is 0 Å². The molecule has 2 aromatic carbocycles. The fourth-order valence-electron chi connectivity index (χ4n) is 3.25. The van der Waals surface area contributed by atoms with Gasteiger partial charge in [0.15, 0.2) is 16.9 Å². The molecule has 0 spiro atoms. The van der Waals surface area contributed by atoms with Crippen LogP contribution < -0.4 is 15.1 Å². The smallest absolute Gasteiger partial charge is 0.190 e. The number of methoxy groups -OCH3 is 1. The maximum Gasteiger partial charge on any atom is 0.190 e. The third-order valence-electron chi connectivity index (χ3n) is 4.68. The summed E-state index contributed by atoms with van der Waals surface area (Å²) in [6.07, 6.45) is 0. The Balaban J connectivity index is 1.76. The van der Waals surface area contributed by atoms with Gasteiger partial charge >= 0.3 is 0 Å². The van der Waals surface area contributed by atoms with Gasteiger partial charge in [0.2, 0.25) is 0 Å². The molecule has 0 saturated carbocycles. The van der Waals surface area contributed by atoms with E-state index in [1.54, 1.807) is 24.3 Å². The molecule has 2 N–H and O–H groups in total. The minimum absolute atomic E-state index is 0.0455. The van der Waals surface area contributed by atoms with Crippen LogP contribution in [0.3, 0.4) is 0 Å².